The summed E-state index contributed by atoms with van der Waals surface area (Å²) >= 11 is 0. The molecule has 5 fully saturated rings. The van der Waals surface area contributed by atoms with Crippen LogP contribution in [0, 0.1) is 11.3 Å². The topological polar surface area (TPSA) is 107 Å². The predicted molar refractivity (Wildman–Crippen MR) is 179 cm³/mol. The monoisotopic (exact) mass is 678 g/mol. The molecule has 9 nitrogen and oxygen atoms in total. The number of piperidine rings is 1. The second kappa shape index (κ2) is 11.9. The third-order valence-electron chi connectivity index (χ3n) is 12.4. The van der Waals surface area contributed by atoms with E-state index in [2.05, 4.69) is 10.2 Å². The summed E-state index contributed by atoms with van der Waals surface area (Å²) < 4.78 is 38.3. The first kappa shape index (κ1) is 33.2. The summed E-state index contributed by atoms with van der Waals surface area (Å²) in [4.78, 5) is 47.3. The molecule has 2 saturated heterocycles. The van der Waals surface area contributed by atoms with Crippen molar-refractivity contribution in [3.63, 3.8) is 0 Å². The minimum atomic E-state index is -3.35. The molecule has 11 heteroatoms. The minimum absolute atomic E-state index is 0.000440. The lowest BCUT2D eigenvalue weighted by Gasteiger charge is -2.68. The number of carbonyl (C=O) groups is 3. The molecule has 2 aromatic carbocycles. The lowest BCUT2D eigenvalue weighted by molar-refractivity contribution is -0.189. The molecule has 2 aromatic rings. The van der Waals surface area contributed by atoms with E-state index < -0.39 is 21.0 Å². The molecule has 4 amide bonds. The quantitative estimate of drug-likeness (QED) is 0.337. The van der Waals surface area contributed by atoms with Crippen LogP contribution in [0.25, 0.3) is 0 Å². The summed E-state index contributed by atoms with van der Waals surface area (Å²) in [5, 5.41) is 3.32. The lowest BCUT2D eigenvalue weighted by atomic mass is 9.53. The minimum Gasteiger partial charge on any atom is -0.349 e. The molecule has 5 unspecified atom stereocenters. The number of benzene rings is 2. The average molecular weight is 679 g/mol. The molecular formula is C37H47FN4O5S. The van der Waals surface area contributed by atoms with Crippen molar-refractivity contribution in [3.05, 3.63) is 65.7 Å². The number of likely N-dealkylation sites (N-methyl/N-ethyl adjacent to an activating group) is 1. The number of urea groups is 1. The van der Waals surface area contributed by atoms with Crippen molar-refractivity contribution in [2.24, 2.45) is 11.3 Å². The Balaban J connectivity index is 1.06. The molecule has 2 spiro atoms. The molecule has 258 valence electrons. The van der Waals surface area contributed by atoms with E-state index in [1.165, 1.54) is 17.0 Å². The van der Waals surface area contributed by atoms with Gasteiger partial charge >= 0.3 is 6.03 Å². The largest absolute Gasteiger partial charge is 0.349 e. The van der Waals surface area contributed by atoms with Crippen molar-refractivity contribution < 1.29 is 27.2 Å². The van der Waals surface area contributed by atoms with Crippen molar-refractivity contribution in [2.75, 3.05) is 19.3 Å². The van der Waals surface area contributed by atoms with Crippen LogP contribution in [0.5, 0.6) is 0 Å². The Morgan fingerprint density at radius 2 is 1.69 bits per heavy atom. The molecule has 2 aliphatic heterocycles. The van der Waals surface area contributed by atoms with E-state index in [0.29, 0.717) is 56.7 Å². The van der Waals surface area contributed by atoms with E-state index in [1.807, 2.05) is 37.3 Å². The van der Waals surface area contributed by atoms with Crippen LogP contribution >= 0.6 is 0 Å². The van der Waals surface area contributed by atoms with Gasteiger partial charge in [-0.2, -0.15) is 0 Å². The molecule has 0 aromatic heterocycles. The molecule has 0 bridgehead atoms. The Morgan fingerprint density at radius 3 is 2.29 bits per heavy atom. The standard InChI is InChI=1S/C37H47FN4O5S/c1-4-42-34(45)41(23-25-10-12-28(13-11-25)48(3,46)47)33(44)37(42)22-31-36(24-37)20-16-30(36)40(31)21-17-29(26-8-6-5-7-9-26)39-32(43)27-14-18-35(2,38)19-15-27/h5-13,27,29-31H,4,14-24H2,1-3H3,(H,39,43). The van der Waals surface area contributed by atoms with Gasteiger partial charge in [0.2, 0.25) is 5.91 Å². The summed E-state index contributed by atoms with van der Waals surface area (Å²) in [5.74, 6) is -0.327. The smallest absolute Gasteiger partial charge is 0.327 e. The van der Waals surface area contributed by atoms with Gasteiger partial charge in [0.15, 0.2) is 9.84 Å². The molecule has 3 saturated carbocycles. The van der Waals surface area contributed by atoms with Crippen molar-refractivity contribution in [3.8, 4) is 0 Å². The van der Waals surface area contributed by atoms with Gasteiger partial charge in [0.05, 0.1) is 17.5 Å². The van der Waals surface area contributed by atoms with Crippen molar-refractivity contribution in [1.82, 2.24) is 20.0 Å². The number of alkyl halides is 1. The van der Waals surface area contributed by atoms with Gasteiger partial charge in [-0.1, -0.05) is 42.5 Å². The van der Waals surface area contributed by atoms with Crippen LogP contribution < -0.4 is 5.32 Å². The second-order valence-electron chi connectivity index (χ2n) is 15.2. The third-order valence-corrected chi connectivity index (χ3v) is 13.5. The van der Waals surface area contributed by atoms with Gasteiger partial charge in [0.25, 0.3) is 5.91 Å². The number of halogens is 1. The van der Waals surface area contributed by atoms with Gasteiger partial charge in [-0.25, -0.2) is 17.6 Å². The maximum absolute atomic E-state index is 14.4. The lowest BCUT2D eigenvalue weighted by Crippen LogP contribution is -2.74. The Hall–Kier alpha value is -3.31. The number of hydrogen-bond acceptors (Lipinski definition) is 6. The first-order chi connectivity index (χ1) is 22.8. The van der Waals surface area contributed by atoms with Crippen LogP contribution in [-0.2, 0) is 26.0 Å². The van der Waals surface area contributed by atoms with Gasteiger partial charge in [-0.15, -0.1) is 0 Å². The number of sulfone groups is 1. The maximum atomic E-state index is 14.4. The third kappa shape index (κ3) is 5.45. The highest BCUT2D eigenvalue weighted by atomic mass is 32.2. The molecule has 1 N–H and O–H groups in total. The Morgan fingerprint density at radius 1 is 1.00 bits per heavy atom. The number of nitrogens with zero attached hydrogens (tertiary/aromatic N) is 3. The van der Waals surface area contributed by atoms with Crippen molar-refractivity contribution in [1.29, 1.82) is 0 Å². The fraction of sp³-hybridized carbons (Fsp3) is 0.595. The van der Waals surface area contributed by atoms with E-state index in [0.717, 1.165) is 37.6 Å². The van der Waals surface area contributed by atoms with E-state index in [4.69, 9.17) is 0 Å². The molecule has 0 radical (unpaired) electrons. The van der Waals surface area contributed by atoms with Crippen molar-refractivity contribution >= 4 is 27.7 Å². The normalized spacial score (nSPS) is 33.6. The van der Waals surface area contributed by atoms with Crippen LogP contribution in [0.1, 0.15) is 88.8 Å². The molecule has 7 rings (SSSR count). The summed E-state index contributed by atoms with van der Waals surface area (Å²) in [7, 11) is -3.35. The summed E-state index contributed by atoms with van der Waals surface area (Å²) in [6, 6.07) is 16.5. The number of carbonyl (C=O) groups excluding carboxylic acids is 3. The number of amides is 4. The molecular weight excluding hydrogens is 631 g/mol. The summed E-state index contributed by atoms with van der Waals surface area (Å²) in [6.07, 6.45) is 7.18. The van der Waals surface area contributed by atoms with Crippen LogP contribution in [-0.4, -0.2) is 83.6 Å². The number of likely N-dealkylation sites (tertiary alicyclic amines) is 1. The Labute approximate surface area is 283 Å². The first-order valence-electron chi connectivity index (χ1n) is 17.5. The highest BCUT2D eigenvalue weighted by molar-refractivity contribution is 7.90. The van der Waals surface area contributed by atoms with Crippen LogP contribution in [0.4, 0.5) is 9.18 Å². The first-order valence-corrected chi connectivity index (χ1v) is 19.4. The fourth-order valence-corrected chi connectivity index (χ4v) is 10.3. The number of rotatable bonds is 10. The van der Waals surface area contributed by atoms with Gasteiger partial charge < -0.3 is 10.2 Å². The van der Waals surface area contributed by atoms with Crippen LogP contribution in [0.15, 0.2) is 59.5 Å². The molecule has 3 aliphatic carbocycles. The van der Waals surface area contributed by atoms with Gasteiger partial charge in [-0.05, 0) is 94.9 Å². The van der Waals surface area contributed by atoms with E-state index in [1.54, 1.807) is 24.0 Å². The van der Waals surface area contributed by atoms with E-state index >= 15 is 0 Å². The fourth-order valence-electron chi connectivity index (χ4n) is 9.70. The second-order valence-corrected chi connectivity index (χ2v) is 17.3. The maximum Gasteiger partial charge on any atom is 0.327 e. The van der Waals surface area contributed by atoms with Gasteiger partial charge in [0, 0.05) is 42.8 Å². The number of imide groups is 1. The highest BCUT2D eigenvalue weighted by Gasteiger charge is 2.76. The molecule has 5 aliphatic rings. The molecule has 2 heterocycles. The zero-order valence-corrected chi connectivity index (χ0v) is 29.0. The Kier molecular flexibility index (Phi) is 8.25. The van der Waals surface area contributed by atoms with Crippen LogP contribution in [0.3, 0.4) is 0 Å². The Bertz CT molecular complexity index is 1690. The predicted octanol–water partition coefficient (Wildman–Crippen LogP) is 5.41. The zero-order valence-electron chi connectivity index (χ0n) is 28.2. The van der Waals surface area contributed by atoms with E-state index in [9.17, 15) is 27.2 Å². The highest BCUT2D eigenvalue weighted by Crippen LogP contribution is 2.69. The molecule has 5 atom stereocenters. The summed E-state index contributed by atoms with van der Waals surface area (Å²) in [5.41, 5.74) is -0.296. The number of nitrogens with one attached hydrogen (secondary N) is 1. The van der Waals surface area contributed by atoms with E-state index in [-0.39, 0.29) is 52.7 Å². The van der Waals surface area contributed by atoms with Crippen LogP contribution in [0.2, 0.25) is 0 Å². The number of hydrogen-bond donors (Lipinski definition) is 1. The SMILES string of the molecule is CCN1C(=O)N(Cc2ccc(S(C)(=O)=O)cc2)C(=O)C12CC1N(CCC(NC(=O)C3CCC(C)(F)CC3)c3ccccc3)C3CCC31C2. The zero-order chi connectivity index (χ0) is 34.1. The van der Waals surface area contributed by atoms with Crippen molar-refractivity contribution in [2.45, 2.75) is 112 Å². The van der Waals surface area contributed by atoms with Gasteiger partial charge in [-0.3, -0.25) is 19.4 Å². The molecule has 48 heavy (non-hydrogen) atoms. The average Bonchev–Trinajstić information content (AvgIpc) is 3.49. The summed E-state index contributed by atoms with van der Waals surface area (Å²) in [6.45, 7) is 4.87. The van der Waals surface area contributed by atoms with Gasteiger partial charge in [0.1, 0.15) is 11.2 Å².